The third kappa shape index (κ3) is 6.63. The molecule has 0 aromatic heterocycles. The Morgan fingerprint density at radius 2 is 1.70 bits per heavy atom. The van der Waals surface area contributed by atoms with Crippen LogP contribution in [-0.4, -0.2) is 11.9 Å². The Balaban J connectivity index is 0. The molecule has 0 aliphatic heterocycles. The van der Waals surface area contributed by atoms with E-state index in [2.05, 4.69) is 15.6 Å². The first-order valence-electron chi connectivity index (χ1n) is 2.05. The van der Waals surface area contributed by atoms with Gasteiger partial charge in [0.2, 0.25) is 11.9 Å². The second-order valence-corrected chi connectivity index (χ2v) is 1.16. The van der Waals surface area contributed by atoms with Crippen molar-refractivity contribution >= 4 is 24.3 Å². The first-order valence-corrected chi connectivity index (χ1v) is 2.05. The molecular weight excluding hydrogens is 158 g/mol. The molecule has 0 aromatic carbocycles. The number of hydrogen-bond donors (Lipinski definition) is 5. The van der Waals surface area contributed by atoms with Crippen molar-refractivity contribution in [3.63, 3.8) is 0 Å². The number of nitrogens with zero attached hydrogens (tertiary/aromatic N) is 2. The number of hydrogen-bond acceptors (Lipinski definition) is 3. The van der Waals surface area contributed by atoms with Gasteiger partial charge in [0.05, 0.1) is 0 Å². The standard InChI is InChI=1S/C2H9N7.ClH/c3-1(4)8-9-2(5)7-6;/h6H2,(H4,3,4,8)(H3,5,7,9);1H. The molecule has 0 amide bonds. The third-order valence-electron chi connectivity index (χ3n) is 0.439. The van der Waals surface area contributed by atoms with Crippen LogP contribution < -0.4 is 28.5 Å². The highest BCUT2D eigenvalue weighted by Crippen LogP contribution is 1.54. The number of guanidine groups is 2. The minimum absolute atomic E-state index is 0. The predicted molar refractivity (Wildman–Crippen MR) is 42.0 cm³/mol. The first-order chi connectivity index (χ1) is 4.16. The van der Waals surface area contributed by atoms with E-state index in [1.807, 2.05) is 0 Å². The summed E-state index contributed by atoms with van der Waals surface area (Å²) in [5.41, 5.74) is 17.0. The van der Waals surface area contributed by atoms with E-state index in [4.69, 9.17) is 23.0 Å². The summed E-state index contributed by atoms with van der Waals surface area (Å²) in [6.45, 7) is 0. The van der Waals surface area contributed by atoms with E-state index in [1.54, 1.807) is 0 Å². The van der Waals surface area contributed by atoms with Crippen LogP contribution in [0.4, 0.5) is 0 Å². The van der Waals surface area contributed by atoms with E-state index in [1.165, 1.54) is 0 Å². The van der Waals surface area contributed by atoms with Crippen molar-refractivity contribution < 1.29 is 0 Å². The average molecular weight is 168 g/mol. The number of nitrogens with one attached hydrogen (secondary N) is 1. The van der Waals surface area contributed by atoms with Crippen LogP contribution in [-0.2, 0) is 0 Å². The van der Waals surface area contributed by atoms with Crippen molar-refractivity contribution in [3.05, 3.63) is 0 Å². The molecule has 7 nitrogen and oxygen atoms in total. The fourth-order valence-electron chi connectivity index (χ4n) is 0.151. The van der Waals surface area contributed by atoms with Gasteiger partial charge < -0.3 is 23.0 Å². The predicted octanol–water partition coefficient (Wildman–Crippen LogP) is -2.63. The Kier molecular flexibility index (Phi) is 6.58. The summed E-state index contributed by atoms with van der Waals surface area (Å²) in [7, 11) is 0. The van der Waals surface area contributed by atoms with Gasteiger partial charge in [0.25, 0.3) is 0 Å². The lowest BCUT2D eigenvalue weighted by molar-refractivity contribution is 0.976. The zero-order chi connectivity index (χ0) is 7.28. The lowest BCUT2D eigenvalue weighted by atomic mass is 11.0. The van der Waals surface area contributed by atoms with Gasteiger partial charge in [0.1, 0.15) is 0 Å². The van der Waals surface area contributed by atoms with Gasteiger partial charge in [0, 0.05) is 0 Å². The number of hydrazone groups is 2. The summed E-state index contributed by atoms with van der Waals surface area (Å²) in [6.07, 6.45) is 0. The van der Waals surface area contributed by atoms with E-state index in [-0.39, 0.29) is 24.3 Å². The van der Waals surface area contributed by atoms with E-state index in [0.717, 1.165) is 0 Å². The van der Waals surface area contributed by atoms with Crippen LogP contribution in [0.5, 0.6) is 0 Å². The van der Waals surface area contributed by atoms with Crippen molar-refractivity contribution in [2.45, 2.75) is 0 Å². The molecular formula is C2H10ClN7. The van der Waals surface area contributed by atoms with Gasteiger partial charge in [-0.15, -0.1) is 22.6 Å². The molecule has 0 unspecified atom stereocenters. The highest BCUT2D eigenvalue weighted by molar-refractivity contribution is 5.85. The fraction of sp³-hybridized carbons (Fsp3) is 0. The minimum Gasteiger partial charge on any atom is -0.369 e. The summed E-state index contributed by atoms with van der Waals surface area (Å²) in [4.78, 5) is 0. The van der Waals surface area contributed by atoms with Crippen LogP contribution in [0.1, 0.15) is 0 Å². The van der Waals surface area contributed by atoms with Crippen LogP contribution >= 0.6 is 12.4 Å². The quantitative estimate of drug-likeness (QED) is 0.126. The molecule has 0 spiro atoms. The summed E-state index contributed by atoms with van der Waals surface area (Å²) in [6, 6.07) is 0. The smallest absolute Gasteiger partial charge is 0.231 e. The molecule has 0 saturated heterocycles. The summed E-state index contributed by atoms with van der Waals surface area (Å²) >= 11 is 0. The molecule has 0 aliphatic rings. The van der Waals surface area contributed by atoms with E-state index in [9.17, 15) is 0 Å². The molecule has 0 aromatic rings. The summed E-state index contributed by atoms with van der Waals surface area (Å²) < 4.78 is 0. The SMILES string of the molecule is Cl.NN=C(N)NN=C(N)N. The molecule has 0 rings (SSSR count). The maximum Gasteiger partial charge on any atom is 0.231 e. The number of halogens is 1. The van der Waals surface area contributed by atoms with Gasteiger partial charge >= 0.3 is 0 Å². The molecule has 0 fully saturated rings. The van der Waals surface area contributed by atoms with E-state index >= 15 is 0 Å². The molecule has 0 radical (unpaired) electrons. The second-order valence-electron chi connectivity index (χ2n) is 1.16. The van der Waals surface area contributed by atoms with Gasteiger partial charge in [0.15, 0.2) is 0 Å². The number of nitrogens with two attached hydrogens (primary N) is 4. The Labute approximate surface area is 63.9 Å². The molecule has 0 atom stereocenters. The monoisotopic (exact) mass is 167 g/mol. The Morgan fingerprint density at radius 1 is 1.20 bits per heavy atom. The van der Waals surface area contributed by atoms with Crippen molar-refractivity contribution in [1.82, 2.24) is 5.43 Å². The minimum atomic E-state index is -0.137. The van der Waals surface area contributed by atoms with Crippen LogP contribution in [0.15, 0.2) is 10.2 Å². The molecule has 60 valence electrons. The fourth-order valence-corrected chi connectivity index (χ4v) is 0.151. The lowest BCUT2D eigenvalue weighted by Gasteiger charge is -1.94. The highest BCUT2D eigenvalue weighted by Gasteiger charge is 1.82. The zero-order valence-corrected chi connectivity index (χ0v) is 5.93. The largest absolute Gasteiger partial charge is 0.369 e. The Morgan fingerprint density at radius 3 is 2.00 bits per heavy atom. The normalized spacial score (nSPS) is 9.40. The topological polar surface area (TPSA) is 141 Å². The van der Waals surface area contributed by atoms with Crippen LogP contribution in [0.3, 0.4) is 0 Å². The van der Waals surface area contributed by atoms with Crippen molar-refractivity contribution in [2.75, 3.05) is 0 Å². The third-order valence-corrected chi connectivity index (χ3v) is 0.439. The summed E-state index contributed by atoms with van der Waals surface area (Å²) in [5, 5.41) is 6.31. The summed E-state index contributed by atoms with van der Waals surface area (Å²) in [5.74, 6) is 4.52. The van der Waals surface area contributed by atoms with Crippen molar-refractivity contribution in [1.29, 1.82) is 0 Å². The zero-order valence-electron chi connectivity index (χ0n) is 5.11. The Hall–Kier alpha value is -1.37. The van der Waals surface area contributed by atoms with Crippen molar-refractivity contribution in [3.8, 4) is 0 Å². The molecule has 10 heavy (non-hydrogen) atoms. The first kappa shape index (κ1) is 11.4. The van der Waals surface area contributed by atoms with Gasteiger partial charge in [-0.25, -0.2) is 5.43 Å². The van der Waals surface area contributed by atoms with Crippen LogP contribution in [0, 0.1) is 0 Å². The van der Waals surface area contributed by atoms with Crippen LogP contribution in [0.2, 0.25) is 0 Å². The molecule has 0 aliphatic carbocycles. The second kappa shape index (κ2) is 5.76. The van der Waals surface area contributed by atoms with Gasteiger partial charge in [-0.3, -0.25) is 0 Å². The highest BCUT2D eigenvalue weighted by atomic mass is 35.5. The van der Waals surface area contributed by atoms with Gasteiger partial charge in [-0.1, -0.05) is 0 Å². The van der Waals surface area contributed by atoms with Gasteiger partial charge in [-0.05, 0) is 0 Å². The molecule has 9 N–H and O–H groups in total. The molecule has 0 heterocycles. The van der Waals surface area contributed by atoms with Crippen molar-refractivity contribution in [2.24, 2.45) is 33.2 Å². The molecule has 0 bridgehead atoms. The Bertz CT molecular complexity index is 135. The van der Waals surface area contributed by atoms with Gasteiger partial charge in [-0.2, -0.15) is 0 Å². The lowest BCUT2D eigenvalue weighted by Crippen LogP contribution is -2.33. The maximum absolute atomic E-state index is 5.02. The van der Waals surface area contributed by atoms with Crippen LogP contribution in [0.25, 0.3) is 0 Å². The van der Waals surface area contributed by atoms with E-state index < -0.39 is 0 Å². The number of rotatable bonds is 1. The maximum atomic E-state index is 5.02. The molecule has 0 saturated carbocycles. The molecule has 8 heteroatoms. The average Bonchev–Trinajstić information content (AvgIpc) is 1.83. The van der Waals surface area contributed by atoms with E-state index in [0.29, 0.717) is 0 Å².